The molecule has 9 heteroatoms. The first-order chi connectivity index (χ1) is 9.99. The van der Waals surface area contributed by atoms with Crippen molar-refractivity contribution in [2.24, 2.45) is 0 Å². The number of carbonyl (C=O) groups is 2. The number of carboxylic acids is 1. The summed E-state index contributed by atoms with van der Waals surface area (Å²) in [7, 11) is 0. The summed E-state index contributed by atoms with van der Waals surface area (Å²) in [5.74, 6) is -1.79. The van der Waals surface area contributed by atoms with Crippen LogP contribution in [0.3, 0.4) is 0 Å². The lowest BCUT2D eigenvalue weighted by molar-refractivity contribution is -0.147. The maximum Gasteiger partial charge on any atom is 0.332 e. The summed E-state index contributed by atoms with van der Waals surface area (Å²) in [5.41, 5.74) is -0.304. The van der Waals surface area contributed by atoms with Gasteiger partial charge in [0.05, 0.1) is 11.7 Å². The van der Waals surface area contributed by atoms with Crippen LogP contribution in [0.25, 0.3) is 10.2 Å². The third kappa shape index (κ3) is 3.64. The molecule has 0 aliphatic carbocycles. The van der Waals surface area contributed by atoms with Gasteiger partial charge in [-0.3, -0.25) is 14.2 Å². The topological polar surface area (TPSA) is 122 Å². The van der Waals surface area contributed by atoms with Crippen molar-refractivity contribution in [3.8, 4) is 0 Å². The van der Waals surface area contributed by atoms with Crippen molar-refractivity contribution in [3.63, 3.8) is 0 Å². The number of thiophene rings is 1. The molecular weight excluding hydrogens is 298 g/mol. The first kappa shape index (κ1) is 15.1. The molecule has 0 aromatic carbocycles. The highest BCUT2D eigenvalue weighted by molar-refractivity contribution is 7.16. The molecule has 21 heavy (non-hydrogen) atoms. The molecule has 2 heterocycles. The predicted molar refractivity (Wildman–Crippen MR) is 75.1 cm³/mol. The van der Waals surface area contributed by atoms with E-state index in [0.29, 0.717) is 10.2 Å². The molecule has 0 saturated carbocycles. The number of fused-ring (bicyclic) bond motifs is 1. The van der Waals surface area contributed by atoms with Gasteiger partial charge in [-0.15, -0.1) is 11.3 Å². The van der Waals surface area contributed by atoms with Crippen LogP contribution < -0.4 is 10.9 Å². The van der Waals surface area contributed by atoms with E-state index in [1.807, 2.05) is 0 Å². The molecule has 0 aliphatic heterocycles. The van der Waals surface area contributed by atoms with E-state index in [4.69, 9.17) is 10.2 Å². The van der Waals surface area contributed by atoms with E-state index in [1.165, 1.54) is 22.2 Å². The highest BCUT2D eigenvalue weighted by atomic mass is 32.1. The van der Waals surface area contributed by atoms with Crippen LogP contribution in [0.1, 0.15) is 6.42 Å². The molecule has 3 N–H and O–H groups in total. The van der Waals surface area contributed by atoms with Gasteiger partial charge in [-0.05, 0) is 11.4 Å². The fourth-order valence-corrected chi connectivity index (χ4v) is 2.41. The van der Waals surface area contributed by atoms with E-state index >= 15 is 0 Å². The van der Waals surface area contributed by atoms with Crippen molar-refractivity contribution in [2.45, 2.75) is 19.1 Å². The molecule has 1 amide bonds. The predicted octanol–water partition coefficient (Wildman–Crippen LogP) is -0.590. The van der Waals surface area contributed by atoms with Gasteiger partial charge >= 0.3 is 5.97 Å². The number of hydrogen-bond donors (Lipinski definition) is 3. The lowest BCUT2D eigenvalue weighted by Gasteiger charge is -2.08. The summed E-state index contributed by atoms with van der Waals surface area (Å²) >= 11 is 1.34. The van der Waals surface area contributed by atoms with Crippen LogP contribution in [0, 0.1) is 0 Å². The van der Waals surface area contributed by atoms with Crippen LogP contribution in [0.5, 0.6) is 0 Å². The Morgan fingerprint density at radius 1 is 1.48 bits per heavy atom. The quantitative estimate of drug-likeness (QED) is 0.655. The molecular formula is C12H13N3O5S. The van der Waals surface area contributed by atoms with Gasteiger partial charge in [-0.2, -0.15) is 0 Å². The molecule has 0 bridgehead atoms. The van der Waals surface area contributed by atoms with Gasteiger partial charge in [-0.1, -0.05) is 0 Å². The summed E-state index contributed by atoms with van der Waals surface area (Å²) in [4.78, 5) is 38.8. The second-order valence-electron chi connectivity index (χ2n) is 4.31. The van der Waals surface area contributed by atoms with Gasteiger partial charge in [0.1, 0.15) is 11.4 Å². The summed E-state index contributed by atoms with van der Waals surface area (Å²) in [6.07, 6.45) is -0.318. The molecule has 0 saturated heterocycles. The molecule has 112 valence electrons. The smallest absolute Gasteiger partial charge is 0.332 e. The summed E-state index contributed by atoms with van der Waals surface area (Å²) in [6.45, 7) is -0.198. The molecule has 1 unspecified atom stereocenters. The second-order valence-corrected chi connectivity index (χ2v) is 5.20. The minimum atomic E-state index is -1.52. The number of amides is 1. The lowest BCUT2D eigenvalue weighted by Crippen LogP contribution is -2.34. The van der Waals surface area contributed by atoms with Gasteiger partial charge in [0.25, 0.3) is 5.56 Å². The van der Waals surface area contributed by atoms with E-state index in [0.717, 1.165) is 0 Å². The SMILES string of the molecule is O=C(Cn1cnc2sccc2c1=O)NCCC(O)C(=O)O. The zero-order valence-corrected chi connectivity index (χ0v) is 11.7. The van der Waals surface area contributed by atoms with E-state index in [2.05, 4.69) is 10.3 Å². The Kier molecular flexibility index (Phi) is 4.66. The van der Waals surface area contributed by atoms with Crippen LogP contribution in [-0.2, 0) is 16.1 Å². The van der Waals surface area contributed by atoms with Crippen molar-refractivity contribution < 1.29 is 19.8 Å². The van der Waals surface area contributed by atoms with Crippen LogP contribution in [-0.4, -0.2) is 44.3 Å². The van der Waals surface area contributed by atoms with E-state index < -0.39 is 18.0 Å². The number of aliphatic hydroxyl groups excluding tert-OH is 1. The molecule has 1 atom stereocenters. The Morgan fingerprint density at radius 2 is 2.24 bits per heavy atom. The first-order valence-electron chi connectivity index (χ1n) is 6.09. The molecule has 2 rings (SSSR count). The highest BCUT2D eigenvalue weighted by Crippen LogP contribution is 2.12. The van der Waals surface area contributed by atoms with Crippen LogP contribution >= 0.6 is 11.3 Å². The third-order valence-corrected chi connectivity index (χ3v) is 3.61. The summed E-state index contributed by atoms with van der Waals surface area (Å²) in [6, 6.07) is 1.65. The van der Waals surface area contributed by atoms with E-state index in [9.17, 15) is 14.4 Å². The Hall–Kier alpha value is -2.26. The number of carbonyl (C=O) groups excluding carboxylic acids is 1. The Labute approximate surface area is 122 Å². The Balaban J connectivity index is 1.94. The van der Waals surface area contributed by atoms with E-state index in [-0.39, 0.29) is 25.1 Å². The number of carboxylic acid groups (broad SMARTS) is 1. The van der Waals surface area contributed by atoms with Crippen molar-refractivity contribution in [3.05, 3.63) is 28.1 Å². The molecule has 0 radical (unpaired) electrons. The van der Waals surface area contributed by atoms with Gasteiger partial charge in [0.15, 0.2) is 6.10 Å². The largest absolute Gasteiger partial charge is 0.479 e. The minimum Gasteiger partial charge on any atom is -0.479 e. The zero-order valence-electron chi connectivity index (χ0n) is 10.9. The minimum absolute atomic E-state index is 0.00910. The fraction of sp³-hybridized carbons (Fsp3) is 0.333. The first-order valence-corrected chi connectivity index (χ1v) is 6.97. The normalized spacial score (nSPS) is 12.2. The lowest BCUT2D eigenvalue weighted by atomic mass is 10.2. The van der Waals surface area contributed by atoms with Crippen molar-refractivity contribution in [1.82, 2.24) is 14.9 Å². The molecule has 0 aliphatic rings. The number of aliphatic hydroxyl groups is 1. The van der Waals surface area contributed by atoms with Crippen LogP contribution in [0.15, 0.2) is 22.6 Å². The third-order valence-electron chi connectivity index (χ3n) is 2.79. The molecule has 8 nitrogen and oxygen atoms in total. The van der Waals surface area contributed by atoms with Gasteiger partial charge < -0.3 is 15.5 Å². The van der Waals surface area contributed by atoms with Crippen molar-refractivity contribution >= 4 is 33.4 Å². The summed E-state index contributed by atoms with van der Waals surface area (Å²) < 4.78 is 1.18. The van der Waals surface area contributed by atoms with Crippen LogP contribution in [0.4, 0.5) is 0 Å². The van der Waals surface area contributed by atoms with Gasteiger partial charge in [0.2, 0.25) is 5.91 Å². The number of aliphatic carboxylic acids is 1. The number of rotatable bonds is 6. The number of hydrogen-bond acceptors (Lipinski definition) is 6. The Bertz CT molecular complexity index is 723. The fourth-order valence-electron chi connectivity index (χ4n) is 1.69. The maximum absolute atomic E-state index is 12.0. The van der Waals surface area contributed by atoms with Gasteiger partial charge in [-0.25, -0.2) is 9.78 Å². The van der Waals surface area contributed by atoms with Crippen LogP contribution in [0.2, 0.25) is 0 Å². The van der Waals surface area contributed by atoms with Crippen molar-refractivity contribution in [2.75, 3.05) is 6.54 Å². The van der Waals surface area contributed by atoms with E-state index in [1.54, 1.807) is 11.4 Å². The zero-order chi connectivity index (χ0) is 15.4. The second kappa shape index (κ2) is 6.46. The molecule has 0 spiro atoms. The average molecular weight is 311 g/mol. The van der Waals surface area contributed by atoms with Crippen molar-refractivity contribution in [1.29, 1.82) is 0 Å². The maximum atomic E-state index is 12.0. The average Bonchev–Trinajstić information content (AvgIpc) is 2.91. The molecule has 2 aromatic rings. The monoisotopic (exact) mass is 311 g/mol. The highest BCUT2D eigenvalue weighted by Gasteiger charge is 2.13. The van der Waals surface area contributed by atoms with Gasteiger partial charge in [0, 0.05) is 13.0 Å². The number of aromatic nitrogens is 2. The Morgan fingerprint density at radius 3 is 2.95 bits per heavy atom. The number of nitrogens with one attached hydrogen (secondary N) is 1. The standard InChI is InChI=1S/C12H13N3O5S/c16-8(12(19)20)1-3-13-9(17)5-15-6-14-10-7(11(15)18)2-4-21-10/h2,4,6,8,16H,1,3,5H2,(H,13,17)(H,19,20). The number of nitrogens with zero attached hydrogens (tertiary/aromatic N) is 2. The molecule has 0 fully saturated rings. The molecule has 2 aromatic heterocycles. The summed E-state index contributed by atoms with van der Waals surface area (Å²) in [5, 5.41) is 22.2.